The van der Waals surface area contributed by atoms with Crippen LogP contribution in [0, 0.1) is 5.92 Å². The lowest BCUT2D eigenvalue weighted by atomic mass is 9.80. The monoisotopic (exact) mass is 466 g/mol. The first-order chi connectivity index (χ1) is 15.4. The van der Waals surface area contributed by atoms with Gasteiger partial charge in [-0.2, -0.15) is 11.8 Å². The number of alkyl carbamates (subject to hydrolysis) is 1. The molecule has 2 amide bonds. The zero-order chi connectivity index (χ0) is 23.0. The Morgan fingerprint density at radius 1 is 1.25 bits per heavy atom. The van der Waals surface area contributed by atoms with Gasteiger partial charge in [0.15, 0.2) is 5.79 Å². The van der Waals surface area contributed by atoms with E-state index in [9.17, 15) is 19.5 Å². The number of hydrogen-bond acceptors (Lipinski definition) is 7. The minimum atomic E-state index is -1.01. The molecule has 0 aromatic heterocycles. The third kappa shape index (κ3) is 6.60. The molecule has 2 aliphatic rings. The molecule has 1 aliphatic carbocycles. The van der Waals surface area contributed by atoms with Crippen molar-refractivity contribution in [1.29, 1.82) is 0 Å². The van der Waals surface area contributed by atoms with Crippen molar-refractivity contribution < 1.29 is 33.7 Å². The summed E-state index contributed by atoms with van der Waals surface area (Å²) < 4.78 is 16.6. The molecule has 1 spiro atoms. The number of rotatable bonds is 9. The molecule has 10 heteroatoms. The Morgan fingerprint density at radius 3 is 2.62 bits per heavy atom. The van der Waals surface area contributed by atoms with Crippen molar-refractivity contribution in [2.45, 2.75) is 50.2 Å². The number of aliphatic carboxylic acids is 1. The van der Waals surface area contributed by atoms with Crippen LogP contribution in [0.1, 0.15) is 31.2 Å². The maximum Gasteiger partial charge on any atom is 0.408 e. The summed E-state index contributed by atoms with van der Waals surface area (Å²) in [6.45, 7) is 0.972. The Hall–Kier alpha value is -2.30. The number of amides is 2. The Morgan fingerprint density at radius 2 is 1.97 bits per heavy atom. The van der Waals surface area contributed by atoms with E-state index in [1.165, 1.54) is 0 Å². The van der Waals surface area contributed by atoms with Gasteiger partial charge in [-0.1, -0.05) is 30.3 Å². The predicted octanol–water partition coefficient (Wildman–Crippen LogP) is 2.15. The number of carboxylic acids is 1. The fourth-order valence-electron chi connectivity index (χ4n) is 4.04. The van der Waals surface area contributed by atoms with Crippen molar-refractivity contribution in [2.24, 2.45) is 5.92 Å². The fraction of sp³-hybridized carbons (Fsp3) is 0.591. The summed E-state index contributed by atoms with van der Waals surface area (Å²) in [5.74, 6) is -2.49. The van der Waals surface area contributed by atoms with Gasteiger partial charge in [0.2, 0.25) is 5.91 Å². The van der Waals surface area contributed by atoms with E-state index in [2.05, 4.69) is 10.6 Å². The number of carboxylic acid groups (broad SMARTS) is 1. The van der Waals surface area contributed by atoms with Gasteiger partial charge in [-0.15, -0.1) is 0 Å². The number of carbonyl (C=O) groups excluding carboxylic acids is 2. The first kappa shape index (κ1) is 24.3. The molecule has 176 valence electrons. The normalized spacial score (nSPS) is 22.8. The van der Waals surface area contributed by atoms with Crippen LogP contribution in [0.4, 0.5) is 4.79 Å². The van der Waals surface area contributed by atoms with Crippen molar-refractivity contribution >= 4 is 29.7 Å². The standard InChI is InChI=1S/C22H30N2O7S/c1-32-12-8-18(24-21(28)29-14-15-5-3-2-4-6-15)19(25)23-17-7-9-22(30-10-11-31-22)13-16(17)20(26)27/h2-6,16-18H,7-14H2,1H3,(H,23,25)(H,24,28)(H,26,27)/t16-,17+,18+/m1/s1. The molecule has 0 radical (unpaired) electrons. The molecule has 0 bridgehead atoms. The Labute approximate surface area is 191 Å². The van der Waals surface area contributed by atoms with Gasteiger partial charge >= 0.3 is 12.1 Å². The summed E-state index contributed by atoms with van der Waals surface area (Å²) in [4.78, 5) is 37.1. The maximum absolute atomic E-state index is 13.0. The van der Waals surface area contributed by atoms with Crippen LogP contribution < -0.4 is 10.6 Å². The smallest absolute Gasteiger partial charge is 0.408 e. The Kier molecular flexibility index (Phi) is 8.77. The first-order valence-corrected chi connectivity index (χ1v) is 12.1. The molecule has 1 aromatic carbocycles. The van der Waals surface area contributed by atoms with Crippen LogP contribution in [0.5, 0.6) is 0 Å². The molecule has 3 atom stereocenters. The minimum absolute atomic E-state index is 0.0926. The Bertz CT molecular complexity index is 786. The van der Waals surface area contributed by atoms with Gasteiger partial charge < -0.3 is 30.0 Å². The third-order valence-corrected chi connectivity index (χ3v) is 6.39. The van der Waals surface area contributed by atoms with Crippen LogP contribution in [-0.2, 0) is 30.4 Å². The Balaban J connectivity index is 1.58. The van der Waals surface area contributed by atoms with Gasteiger partial charge in [-0.3, -0.25) is 9.59 Å². The van der Waals surface area contributed by atoms with Crippen molar-refractivity contribution in [3.8, 4) is 0 Å². The summed E-state index contributed by atoms with van der Waals surface area (Å²) in [6, 6.07) is 7.84. The predicted molar refractivity (Wildman–Crippen MR) is 118 cm³/mol. The van der Waals surface area contributed by atoms with Crippen molar-refractivity contribution in [2.75, 3.05) is 25.2 Å². The highest BCUT2D eigenvalue weighted by Gasteiger charge is 2.48. The van der Waals surface area contributed by atoms with E-state index in [4.69, 9.17) is 14.2 Å². The van der Waals surface area contributed by atoms with E-state index < -0.39 is 41.8 Å². The lowest BCUT2D eigenvalue weighted by Gasteiger charge is -2.39. The molecule has 3 N–H and O–H groups in total. The first-order valence-electron chi connectivity index (χ1n) is 10.7. The lowest BCUT2D eigenvalue weighted by molar-refractivity contribution is -0.197. The van der Waals surface area contributed by atoms with Gasteiger partial charge in [-0.25, -0.2) is 4.79 Å². The van der Waals surface area contributed by atoms with Gasteiger partial charge in [0.25, 0.3) is 0 Å². The van der Waals surface area contributed by atoms with Gasteiger partial charge in [0, 0.05) is 18.9 Å². The van der Waals surface area contributed by atoms with E-state index >= 15 is 0 Å². The molecule has 1 heterocycles. The molecule has 1 saturated carbocycles. The van der Waals surface area contributed by atoms with Crippen LogP contribution in [0.2, 0.25) is 0 Å². The van der Waals surface area contributed by atoms with Crippen LogP contribution in [0.15, 0.2) is 30.3 Å². The number of ether oxygens (including phenoxy) is 3. The number of hydrogen-bond donors (Lipinski definition) is 3. The number of carbonyl (C=O) groups is 3. The minimum Gasteiger partial charge on any atom is -0.481 e. The number of thioether (sulfide) groups is 1. The van der Waals surface area contributed by atoms with Crippen molar-refractivity contribution in [3.05, 3.63) is 35.9 Å². The maximum atomic E-state index is 13.0. The second-order valence-electron chi connectivity index (χ2n) is 7.95. The molecule has 1 aromatic rings. The number of benzene rings is 1. The summed E-state index contributed by atoms with van der Waals surface area (Å²) in [5.41, 5.74) is 0.838. The molecule has 0 unspecified atom stereocenters. The summed E-state index contributed by atoms with van der Waals surface area (Å²) in [7, 11) is 0. The molecule has 1 saturated heterocycles. The highest BCUT2D eigenvalue weighted by Crippen LogP contribution is 2.39. The average Bonchev–Trinajstić information content (AvgIpc) is 3.25. The topological polar surface area (TPSA) is 123 Å². The average molecular weight is 467 g/mol. The fourth-order valence-corrected chi connectivity index (χ4v) is 4.51. The summed E-state index contributed by atoms with van der Waals surface area (Å²) in [5, 5.41) is 15.2. The highest BCUT2D eigenvalue weighted by atomic mass is 32.2. The van der Waals surface area contributed by atoms with Crippen LogP contribution >= 0.6 is 11.8 Å². The molecule has 2 fully saturated rings. The molecule has 3 rings (SSSR count). The molecule has 32 heavy (non-hydrogen) atoms. The summed E-state index contributed by atoms with van der Waals surface area (Å²) >= 11 is 1.55. The SMILES string of the molecule is CSCC[C@H](NC(=O)OCc1ccccc1)C(=O)N[C@H]1CCC2(C[C@H]1C(=O)O)OCCO2. The quantitative estimate of drug-likeness (QED) is 0.506. The number of nitrogens with one attached hydrogen (secondary N) is 2. The van der Waals surface area contributed by atoms with E-state index in [1.807, 2.05) is 36.6 Å². The van der Waals surface area contributed by atoms with Crippen LogP contribution in [-0.4, -0.2) is 66.2 Å². The molecular weight excluding hydrogens is 436 g/mol. The van der Waals surface area contributed by atoms with E-state index in [1.54, 1.807) is 11.8 Å². The largest absolute Gasteiger partial charge is 0.481 e. The van der Waals surface area contributed by atoms with E-state index in [0.717, 1.165) is 5.56 Å². The summed E-state index contributed by atoms with van der Waals surface area (Å²) in [6.07, 6.45) is 2.70. The second-order valence-corrected chi connectivity index (χ2v) is 8.94. The van der Waals surface area contributed by atoms with E-state index in [0.29, 0.717) is 38.2 Å². The molecular formula is C22H30N2O7S. The van der Waals surface area contributed by atoms with Gasteiger partial charge in [-0.05, 0) is 30.4 Å². The van der Waals surface area contributed by atoms with E-state index in [-0.39, 0.29) is 13.0 Å². The lowest BCUT2D eigenvalue weighted by Crippen LogP contribution is -2.56. The van der Waals surface area contributed by atoms with Crippen LogP contribution in [0.3, 0.4) is 0 Å². The van der Waals surface area contributed by atoms with Gasteiger partial charge in [0.05, 0.1) is 19.1 Å². The second kappa shape index (κ2) is 11.5. The van der Waals surface area contributed by atoms with Gasteiger partial charge in [0.1, 0.15) is 12.6 Å². The molecule has 1 aliphatic heterocycles. The third-order valence-electron chi connectivity index (χ3n) is 5.74. The molecule has 9 nitrogen and oxygen atoms in total. The zero-order valence-corrected chi connectivity index (χ0v) is 18.9. The zero-order valence-electron chi connectivity index (χ0n) is 18.1. The van der Waals surface area contributed by atoms with Crippen molar-refractivity contribution in [1.82, 2.24) is 10.6 Å². The van der Waals surface area contributed by atoms with Crippen molar-refractivity contribution in [3.63, 3.8) is 0 Å². The highest BCUT2D eigenvalue weighted by molar-refractivity contribution is 7.98. The van der Waals surface area contributed by atoms with Crippen LogP contribution in [0.25, 0.3) is 0 Å².